The number of likely N-dealkylation sites (tertiary alicyclic amines) is 1. The molecule has 5 N–H and O–H groups in total. The van der Waals surface area contributed by atoms with Gasteiger partial charge >= 0.3 is 6.18 Å². The summed E-state index contributed by atoms with van der Waals surface area (Å²) in [6.45, 7) is 4.90. The number of benzene rings is 3. The molecule has 0 bridgehead atoms. The molecule has 316 valence electrons. The van der Waals surface area contributed by atoms with Crippen LogP contribution in [-0.2, 0) is 20.6 Å². The molecule has 60 heavy (non-hydrogen) atoms. The van der Waals surface area contributed by atoms with Gasteiger partial charge in [-0.3, -0.25) is 34.2 Å². The van der Waals surface area contributed by atoms with Crippen LogP contribution in [0.3, 0.4) is 0 Å². The van der Waals surface area contributed by atoms with Crippen molar-refractivity contribution < 1.29 is 46.6 Å². The van der Waals surface area contributed by atoms with Crippen molar-refractivity contribution in [2.45, 2.75) is 83.2 Å². The molecule has 0 radical (unpaired) electrons. The third-order valence-electron chi connectivity index (χ3n) is 10.9. The SMILES string of the molecule is COc1cc2nc(C)nc(N[C@H](C)c3cc(N)cc(C(F)(F)F)c3)c2cc1O[C@H]1CCN(C(=O)CCCCCNc2ccc3c(c2)C(=O)N(C2CCC(=O)NC2=O)C3=O)C1. The highest BCUT2D eigenvalue weighted by Crippen LogP contribution is 2.38. The topological polar surface area (TPSA) is 198 Å². The number of nitrogens with two attached hydrogens (primary N) is 1. The summed E-state index contributed by atoms with van der Waals surface area (Å²) in [7, 11) is 1.51. The summed E-state index contributed by atoms with van der Waals surface area (Å²) >= 11 is 0. The van der Waals surface area contributed by atoms with E-state index >= 15 is 0 Å². The summed E-state index contributed by atoms with van der Waals surface area (Å²) in [6.07, 6.45) is -1.59. The molecule has 3 aromatic carbocycles. The molecule has 3 atom stereocenters. The molecular formula is C42H45F3N8O7. The Hall–Kier alpha value is -6.46. The van der Waals surface area contributed by atoms with E-state index in [9.17, 15) is 37.1 Å². The first kappa shape index (κ1) is 41.7. The molecule has 0 spiro atoms. The standard InChI is InChI=1S/C42H45F3N8O7/c1-22(24-15-25(42(43,44)45)17-26(46)16-24)48-38-31-19-35(34(59-3)20-32(31)49-23(2)50-38)60-28-12-14-52(21-28)37(55)7-5-4-6-13-47-27-8-9-29-30(18-27)41(58)53(40(29)57)33-10-11-36(54)51-39(33)56/h8-9,15-20,22,28,33,47H,4-7,10-14,21,46H2,1-3H3,(H,48,49,50)(H,51,54,56)/t22-,28+,33?/m1/s1. The number of unbranched alkanes of at least 4 members (excludes halogenated alkanes) is 2. The van der Waals surface area contributed by atoms with Gasteiger partial charge in [0.2, 0.25) is 17.7 Å². The minimum Gasteiger partial charge on any atom is -0.493 e. The molecule has 4 aromatic rings. The van der Waals surface area contributed by atoms with Crippen LogP contribution in [0.2, 0.25) is 0 Å². The van der Waals surface area contributed by atoms with Crippen molar-refractivity contribution in [1.82, 2.24) is 25.1 Å². The third kappa shape index (κ3) is 8.91. The van der Waals surface area contributed by atoms with Crippen molar-refractivity contribution >= 4 is 57.6 Å². The predicted octanol–water partition coefficient (Wildman–Crippen LogP) is 5.77. The van der Waals surface area contributed by atoms with Crippen LogP contribution in [-0.4, -0.2) is 88.2 Å². The number of hydrogen-bond acceptors (Lipinski definition) is 12. The van der Waals surface area contributed by atoms with Gasteiger partial charge in [0.1, 0.15) is 23.8 Å². The number of carbonyl (C=O) groups is 5. The fourth-order valence-corrected chi connectivity index (χ4v) is 7.77. The van der Waals surface area contributed by atoms with Crippen molar-refractivity contribution in [3.8, 4) is 11.5 Å². The smallest absolute Gasteiger partial charge is 0.416 e. The van der Waals surface area contributed by atoms with E-state index in [0.717, 1.165) is 29.9 Å². The second-order valence-electron chi connectivity index (χ2n) is 15.2. The van der Waals surface area contributed by atoms with Crippen LogP contribution in [0.4, 0.5) is 30.4 Å². The van der Waals surface area contributed by atoms with E-state index in [1.165, 1.54) is 13.2 Å². The van der Waals surface area contributed by atoms with Gasteiger partial charge in [-0.25, -0.2) is 9.97 Å². The second kappa shape index (κ2) is 17.0. The highest BCUT2D eigenvalue weighted by molar-refractivity contribution is 6.23. The fraction of sp³-hybridized carbons (Fsp3) is 0.405. The highest BCUT2D eigenvalue weighted by atomic mass is 19.4. The Labute approximate surface area is 343 Å². The number of ether oxygens (including phenoxy) is 2. The van der Waals surface area contributed by atoms with E-state index < -0.39 is 47.5 Å². The molecule has 3 aliphatic rings. The molecule has 0 aliphatic carbocycles. The van der Waals surface area contributed by atoms with E-state index in [0.29, 0.717) is 84.2 Å². The Morgan fingerprint density at radius 2 is 1.77 bits per heavy atom. The minimum atomic E-state index is -4.56. The van der Waals surface area contributed by atoms with Gasteiger partial charge < -0.3 is 30.7 Å². The number of rotatable bonds is 14. The van der Waals surface area contributed by atoms with Gasteiger partial charge in [-0.1, -0.05) is 6.42 Å². The quantitative estimate of drug-likeness (QED) is 0.0681. The van der Waals surface area contributed by atoms with Gasteiger partial charge in [-0.15, -0.1) is 0 Å². The van der Waals surface area contributed by atoms with Gasteiger partial charge in [0.15, 0.2) is 11.5 Å². The molecular weight excluding hydrogens is 786 g/mol. The maximum absolute atomic E-state index is 13.5. The molecule has 15 nitrogen and oxygen atoms in total. The molecule has 4 heterocycles. The lowest BCUT2D eigenvalue weighted by atomic mass is 10.0. The first-order valence-corrected chi connectivity index (χ1v) is 19.7. The van der Waals surface area contributed by atoms with Crippen molar-refractivity contribution in [3.63, 3.8) is 0 Å². The monoisotopic (exact) mass is 830 g/mol. The summed E-state index contributed by atoms with van der Waals surface area (Å²) in [5.74, 6) is -0.532. The van der Waals surface area contributed by atoms with Crippen molar-refractivity contribution in [1.29, 1.82) is 0 Å². The number of imide groups is 2. The average molecular weight is 831 g/mol. The number of nitrogens with zero attached hydrogens (tertiary/aromatic N) is 4. The third-order valence-corrected chi connectivity index (χ3v) is 10.9. The van der Waals surface area contributed by atoms with Gasteiger partial charge in [-0.2, -0.15) is 13.2 Å². The molecule has 18 heteroatoms. The number of piperidine rings is 1. The van der Waals surface area contributed by atoms with Gasteiger partial charge in [0, 0.05) is 55.2 Å². The van der Waals surface area contributed by atoms with E-state index in [4.69, 9.17) is 15.2 Å². The largest absolute Gasteiger partial charge is 0.493 e. The fourth-order valence-electron chi connectivity index (χ4n) is 7.77. The summed E-state index contributed by atoms with van der Waals surface area (Å²) in [5, 5.41) is 9.24. The second-order valence-corrected chi connectivity index (χ2v) is 15.2. The van der Waals surface area contributed by atoms with Crippen molar-refractivity contribution in [2.75, 3.05) is 43.1 Å². The summed E-state index contributed by atoms with van der Waals surface area (Å²) < 4.78 is 52.6. The van der Waals surface area contributed by atoms with Crippen LogP contribution in [0.25, 0.3) is 10.9 Å². The number of fused-ring (bicyclic) bond motifs is 2. The number of methoxy groups -OCH3 is 1. The van der Waals surface area contributed by atoms with E-state index in [2.05, 4.69) is 25.9 Å². The van der Waals surface area contributed by atoms with Crippen molar-refractivity contribution in [2.24, 2.45) is 0 Å². The summed E-state index contributed by atoms with van der Waals surface area (Å²) in [4.78, 5) is 74.9. The maximum Gasteiger partial charge on any atom is 0.416 e. The number of anilines is 3. The van der Waals surface area contributed by atoms with Gasteiger partial charge in [0.05, 0.1) is 41.9 Å². The first-order valence-electron chi connectivity index (χ1n) is 19.7. The number of nitrogen functional groups attached to an aromatic ring is 1. The van der Waals surface area contributed by atoms with Crippen LogP contribution in [0.5, 0.6) is 11.5 Å². The highest BCUT2D eigenvalue weighted by Gasteiger charge is 2.44. The van der Waals surface area contributed by atoms with Crippen LogP contribution < -0.4 is 31.2 Å². The first-order chi connectivity index (χ1) is 28.6. The van der Waals surface area contributed by atoms with Crippen LogP contribution in [0.1, 0.15) is 95.6 Å². The van der Waals surface area contributed by atoms with E-state index in [1.54, 1.807) is 49.1 Å². The number of hydrogen-bond donors (Lipinski definition) is 4. The lowest BCUT2D eigenvalue weighted by Gasteiger charge is -2.27. The van der Waals surface area contributed by atoms with E-state index in [-0.39, 0.29) is 41.7 Å². The van der Waals surface area contributed by atoms with Gasteiger partial charge in [0.25, 0.3) is 11.8 Å². The lowest BCUT2D eigenvalue weighted by Crippen LogP contribution is -2.54. The molecule has 0 saturated carbocycles. The van der Waals surface area contributed by atoms with Gasteiger partial charge in [-0.05, 0) is 81.1 Å². The van der Waals surface area contributed by atoms with Crippen LogP contribution >= 0.6 is 0 Å². The summed E-state index contributed by atoms with van der Waals surface area (Å²) in [6, 6.07) is 10.1. The summed E-state index contributed by atoms with van der Waals surface area (Å²) in [5.41, 5.74) is 6.90. The zero-order chi connectivity index (χ0) is 42.9. The van der Waals surface area contributed by atoms with Crippen LogP contribution in [0, 0.1) is 6.92 Å². The molecule has 1 unspecified atom stereocenters. The number of halogens is 3. The molecule has 2 saturated heterocycles. The molecule has 3 aliphatic heterocycles. The Morgan fingerprint density at radius 3 is 2.52 bits per heavy atom. The molecule has 1 aromatic heterocycles. The molecule has 5 amide bonds. The number of nitrogens with one attached hydrogen (secondary N) is 3. The van der Waals surface area contributed by atoms with Crippen molar-refractivity contribution in [3.05, 3.63) is 76.6 Å². The average Bonchev–Trinajstić information content (AvgIpc) is 3.76. The van der Waals surface area contributed by atoms with E-state index in [1.807, 2.05) is 0 Å². The zero-order valence-corrected chi connectivity index (χ0v) is 33.3. The molecule has 2 fully saturated rings. The number of aryl methyl sites for hydroxylation is 1. The Morgan fingerprint density at radius 1 is 0.983 bits per heavy atom. The number of carbonyl (C=O) groups excluding carboxylic acids is 5. The normalized spacial score (nSPS) is 18.4. The number of alkyl halides is 3. The number of aromatic nitrogens is 2. The number of amides is 5. The Balaban J connectivity index is 0.898. The lowest BCUT2D eigenvalue weighted by molar-refractivity contribution is -0.138. The Kier molecular flexibility index (Phi) is 11.8. The minimum absolute atomic E-state index is 0.00745. The van der Waals surface area contributed by atoms with Crippen LogP contribution in [0.15, 0.2) is 48.5 Å². The Bertz CT molecular complexity index is 2370. The maximum atomic E-state index is 13.5. The zero-order valence-electron chi connectivity index (χ0n) is 33.3. The molecule has 7 rings (SSSR count). The predicted molar refractivity (Wildman–Crippen MR) is 214 cm³/mol.